The first-order valence-corrected chi connectivity index (χ1v) is 7.52. The Bertz CT molecular complexity index is 355. The number of nitrogens with one attached hydrogen (secondary N) is 1. The number of carbonyl (C=O) groups is 2. The van der Waals surface area contributed by atoms with Crippen LogP contribution in [0.1, 0.15) is 52.4 Å². The molecule has 0 heterocycles. The van der Waals surface area contributed by atoms with E-state index in [1.807, 2.05) is 0 Å². The van der Waals surface area contributed by atoms with Gasteiger partial charge in [-0.05, 0) is 43.9 Å². The van der Waals surface area contributed by atoms with Gasteiger partial charge in [0, 0.05) is 12.0 Å². The molecule has 1 amide bonds. The summed E-state index contributed by atoms with van der Waals surface area (Å²) in [5.74, 6) is 0.103. The van der Waals surface area contributed by atoms with Crippen molar-refractivity contribution in [2.75, 3.05) is 0 Å². The third-order valence-corrected chi connectivity index (χ3v) is 5.19. The van der Waals surface area contributed by atoms with E-state index in [-0.39, 0.29) is 23.8 Å². The number of rotatable bonds is 3. The van der Waals surface area contributed by atoms with Gasteiger partial charge < -0.3 is 10.4 Å². The van der Waals surface area contributed by atoms with Crippen molar-refractivity contribution in [1.29, 1.82) is 0 Å². The number of aliphatic carboxylic acids is 1. The number of carboxylic acids is 1. The van der Waals surface area contributed by atoms with Gasteiger partial charge in [0.25, 0.3) is 0 Å². The summed E-state index contributed by atoms with van der Waals surface area (Å²) in [7, 11) is 0. The molecule has 0 saturated heterocycles. The molecule has 0 aromatic heterocycles. The van der Waals surface area contributed by atoms with Crippen LogP contribution in [0.3, 0.4) is 0 Å². The van der Waals surface area contributed by atoms with E-state index in [1.54, 1.807) is 0 Å². The molecule has 0 aliphatic heterocycles. The van der Waals surface area contributed by atoms with Crippen LogP contribution in [0.5, 0.6) is 0 Å². The lowest BCUT2D eigenvalue weighted by Gasteiger charge is -2.28. The molecule has 0 radical (unpaired) electrons. The summed E-state index contributed by atoms with van der Waals surface area (Å²) in [6.07, 6.45) is 5.16. The fraction of sp³-hybridized carbons (Fsp3) is 0.867. The van der Waals surface area contributed by atoms with Crippen molar-refractivity contribution < 1.29 is 14.7 Å². The molecule has 0 bridgehead atoms. The molecule has 2 aliphatic carbocycles. The van der Waals surface area contributed by atoms with Gasteiger partial charge >= 0.3 is 5.97 Å². The van der Waals surface area contributed by atoms with Gasteiger partial charge in [0.1, 0.15) is 0 Å². The van der Waals surface area contributed by atoms with E-state index in [2.05, 4.69) is 19.2 Å². The highest BCUT2D eigenvalue weighted by molar-refractivity contribution is 5.80. The Morgan fingerprint density at radius 2 is 1.74 bits per heavy atom. The van der Waals surface area contributed by atoms with Crippen molar-refractivity contribution in [3.05, 3.63) is 0 Å². The second-order valence-corrected chi connectivity index (χ2v) is 6.43. The molecule has 0 aromatic rings. The molecule has 4 heteroatoms. The SMILES string of the molecule is CC1CCC(NC(=O)C2CCCC(C(=O)O)C2)C1C. The molecule has 2 rings (SSSR count). The van der Waals surface area contributed by atoms with Gasteiger partial charge in [-0.25, -0.2) is 0 Å². The van der Waals surface area contributed by atoms with Gasteiger partial charge in [0.2, 0.25) is 5.91 Å². The standard InChI is InChI=1S/C15H25NO3/c1-9-6-7-13(10(9)2)16-14(17)11-4-3-5-12(8-11)15(18)19/h9-13H,3-8H2,1-2H3,(H,16,17)(H,18,19). The molecule has 19 heavy (non-hydrogen) atoms. The predicted octanol–water partition coefficient (Wildman–Crippen LogP) is 2.43. The Hall–Kier alpha value is -1.06. The molecular formula is C15H25NO3. The van der Waals surface area contributed by atoms with E-state index in [4.69, 9.17) is 5.11 Å². The smallest absolute Gasteiger partial charge is 0.306 e. The summed E-state index contributed by atoms with van der Waals surface area (Å²) in [5, 5.41) is 12.2. The largest absolute Gasteiger partial charge is 0.481 e. The molecule has 5 unspecified atom stereocenters. The topological polar surface area (TPSA) is 66.4 Å². The summed E-state index contributed by atoms with van der Waals surface area (Å²) in [6.45, 7) is 4.43. The van der Waals surface area contributed by atoms with Crippen LogP contribution in [-0.4, -0.2) is 23.0 Å². The highest BCUT2D eigenvalue weighted by atomic mass is 16.4. The average Bonchev–Trinajstić information content (AvgIpc) is 2.71. The minimum Gasteiger partial charge on any atom is -0.481 e. The minimum absolute atomic E-state index is 0.0805. The maximum atomic E-state index is 12.3. The van der Waals surface area contributed by atoms with E-state index in [9.17, 15) is 9.59 Å². The summed E-state index contributed by atoms with van der Waals surface area (Å²) in [5.41, 5.74) is 0. The second kappa shape index (κ2) is 5.93. The van der Waals surface area contributed by atoms with Crippen molar-refractivity contribution in [1.82, 2.24) is 5.32 Å². The number of carbonyl (C=O) groups excluding carboxylic acids is 1. The Morgan fingerprint density at radius 1 is 1.05 bits per heavy atom. The van der Waals surface area contributed by atoms with Gasteiger partial charge in [0.05, 0.1) is 5.92 Å². The zero-order valence-corrected chi connectivity index (χ0v) is 11.9. The van der Waals surface area contributed by atoms with Crippen LogP contribution >= 0.6 is 0 Å². The van der Waals surface area contributed by atoms with Crippen molar-refractivity contribution in [2.24, 2.45) is 23.7 Å². The monoisotopic (exact) mass is 267 g/mol. The van der Waals surface area contributed by atoms with E-state index in [1.165, 1.54) is 6.42 Å². The van der Waals surface area contributed by atoms with Crippen LogP contribution in [0.2, 0.25) is 0 Å². The summed E-state index contributed by atoms with van der Waals surface area (Å²) < 4.78 is 0. The average molecular weight is 267 g/mol. The summed E-state index contributed by atoms with van der Waals surface area (Å²) >= 11 is 0. The Kier molecular flexibility index (Phi) is 4.48. The van der Waals surface area contributed by atoms with Crippen LogP contribution in [0.4, 0.5) is 0 Å². The van der Waals surface area contributed by atoms with Crippen LogP contribution < -0.4 is 5.32 Å². The maximum absolute atomic E-state index is 12.3. The van der Waals surface area contributed by atoms with Crippen molar-refractivity contribution >= 4 is 11.9 Å². The third kappa shape index (κ3) is 3.28. The maximum Gasteiger partial charge on any atom is 0.306 e. The van der Waals surface area contributed by atoms with Crippen molar-refractivity contribution in [2.45, 2.75) is 58.4 Å². The van der Waals surface area contributed by atoms with Gasteiger partial charge in [-0.3, -0.25) is 9.59 Å². The predicted molar refractivity (Wildman–Crippen MR) is 72.6 cm³/mol. The fourth-order valence-corrected chi connectivity index (χ4v) is 3.52. The molecule has 0 spiro atoms. The number of carboxylic acid groups (broad SMARTS) is 1. The molecule has 2 aliphatic rings. The summed E-state index contributed by atoms with van der Waals surface area (Å²) in [6, 6.07) is 0.285. The first kappa shape index (κ1) is 14.4. The van der Waals surface area contributed by atoms with Gasteiger partial charge in [-0.15, -0.1) is 0 Å². The van der Waals surface area contributed by atoms with Gasteiger partial charge in [-0.1, -0.05) is 20.3 Å². The highest BCUT2D eigenvalue weighted by Gasteiger charge is 2.35. The molecule has 108 valence electrons. The van der Waals surface area contributed by atoms with Gasteiger partial charge in [-0.2, -0.15) is 0 Å². The van der Waals surface area contributed by atoms with E-state index < -0.39 is 5.97 Å². The number of hydrogen-bond acceptors (Lipinski definition) is 2. The van der Waals surface area contributed by atoms with Gasteiger partial charge in [0.15, 0.2) is 0 Å². The molecular weight excluding hydrogens is 242 g/mol. The van der Waals surface area contributed by atoms with Crippen LogP contribution in [0.25, 0.3) is 0 Å². The second-order valence-electron chi connectivity index (χ2n) is 6.43. The van der Waals surface area contributed by atoms with Crippen LogP contribution in [-0.2, 0) is 9.59 Å². The summed E-state index contributed by atoms with van der Waals surface area (Å²) in [4.78, 5) is 23.3. The molecule has 0 aromatic carbocycles. The van der Waals surface area contributed by atoms with Crippen LogP contribution in [0, 0.1) is 23.7 Å². The lowest BCUT2D eigenvalue weighted by atomic mass is 9.81. The fourth-order valence-electron chi connectivity index (χ4n) is 3.52. The number of amides is 1. The first-order chi connectivity index (χ1) is 8.99. The minimum atomic E-state index is -0.750. The lowest BCUT2D eigenvalue weighted by molar-refractivity contribution is -0.144. The highest BCUT2D eigenvalue weighted by Crippen LogP contribution is 2.33. The van der Waals surface area contributed by atoms with Crippen molar-refractivity contribution in [3.63, 3.8) is 0 Å². The zero-order chi connectivity index (χ0) is 14.0. The first-order valence-electron chi connectivity index (χ1n) is 7.52. The van der Waals surface area contributed by atoms with E-state index in [0.717, 1.165) is 25.7 Å². The Balaban J connectivity index is 1.87. The zero-order valence-electron chi connectivity index (χ0n) is 11.9. The van der Waals surface area contributed by atoms with Crippen molar-refractivity contribution in [3.8, 4) is 0 Å². The molecule has 2 N–H and O–H groups in total. The lowest BCUT2D eigenvalue weighted by Crippen LogP contribution is -2.42. The molecule has 4 nitrogen and oxygen atoms in total. The molecule has 5 atom stereocenters. The Labute approximate surface area is 115 Å². The third-order valence-electron chi connectivity index (χ3n) is 5.19. The molecule has 2 fully saturated rings. The Morgan fingerprint density at radius 3 is 2.32 bits per heavy atom. The van der Waals surface area contributed by atoms with E-state index >= 15 is 0 Å². The van der Waals surface area contributed by atoms with Crippen LogP contribution in [0.15, 0.2) is 0 Å². The molecule has 2 saturated carbocycles. The number of hydrogen-bond donors (Lipinski definition) is 2. The van der Waals surface area contributed by atoms with E-state index in [0.29, 0.717) is 18.3 Å². The quantitative estimate of drug-likeness (QED) is 0.825. The normalized spacial score (nSPS) is 38.9.